The molecular formula is C18H27ClN2O. The molecule has 2 atom stereocenters. The number of rotatable bonds is 1. The maximum Gasteiger partial charge on any atom is 0.230 e. The highest BCUT2D eigenvalue weighted by atomic mass is 35.5. The van der Waals surface area contributed by atoms with Crippen LogP contribution in [0.15, 0.2) is 18.2 Å². The molecule has 0 bridgehead atoms. The van der Waals surface area contributed by atoms with Crippen molar-refractivity contribution in [1.82, 2.24) is 0 Å². The summed E-state index contributed by atoms with van der Waals surface area (Å²) in [5.74, 6) is 0.415. The summed E-state index contributed by atoms with van der Waals surface area (Å²) in [5.41, 5.74) is 9.89. The van der Waals surface area contributed by atoms with Gasteiger partial charge in [-0.15, -0.1) is 12.4 Å². The van der Waals surface area contributed by atoms with E-state index in [0.717, 1.165) is 37.9 Å². The van der Waals surface area contributed by atoms with Gasteiger partial charge in [-0.25, -0.2) is 0 Å². The molecular weight excluding hydrogens is 296 g/mol. The molecule has 122 valence electrons. The first-order chi connectivity index (χ1) is 9.86. The first kappa shape index (κ1) is 17.3. The van der Waals surface area contributed by atoms with Gasteiger partial charge in [0.05, 0.1) is 0 Å². The van der Waals surface area contributed by atoms with Gasteiger partial charge in [0.25, 0.3) is 0 Å². The highest BCUT2D eigenvalue weighted by Crippen LogP contribution is 2.35. The third kappa shape index (κ3) is 3.16. The molecule has 1 aromatic carbocycles. The van der Waals surface area contributed by atoms with Gasteiger partial charge in [-0.3, -0.25) is 4.79 Å². The number of hydrogen-bond donors (Lipinski definition) is 1. The van der Waals surface area contributed by atoms with Crippen LogP contribution < -0.4 is 10.6 Å². The number of carbonyl (C=O) groups is 1. The molecule has 1 amide bonds. The van der Waals surface area contributed by atoms with E-state index in [2.05, 4.69) is 39.0 Å². The van der Waals surface area contributed by atoms with Crippen molar-refractivity contribution < 1.29 is 4.79 Å². The number of halogens is 1. The minimum atomic E-state index is 0. The van der Waals surface area contributed by atoms with Gasteiger partial charge in [0.15, 0.2) is 0 Å². The highest BCUT2D eigenvalue weighted by Gasteiger charge is 2.34. The van der Waals surface area contributed by atoms with Crippen molar-refractivity contribution in [2.45, 2.75) is 57.9 Å². The van der Waals surface area contributed by atoms with Gasteiger partial charge in [0.1, 0.15) is 0 Å². The molecule has 1 aromatic rings. The molecule has 4 heteroatoms. The van der Waals surface area contributed by atoms with E-state index in [9.17, 15) is 4.79 Å². The smallest absolute Gasteiger partial charge is 0.230 e. The Balaban J connectivity index is 0.00000176. The van der Waals surface area contributed by atoms with Crippen LogP contribution >= 0.6 is 12.4 Å². The molecule has 1 saturated carbocycles. The van der Waals surface area contributed by atoms with Crippen LogP contribution in [0.1, 0.15) is 51.2 Å². The van der Waals surface area contributed by atoms with Crippen LogP contribution in [-0.4, -0.2) is 18.5 Å². The van der Waals surface area contributed by atoms with Crippen molar-refractivity contribution >= 4 is 24.0 Å². The lowest BCUT2D eigenvalue weighted by Crippen LogP contribution is -2.34. The maximum atomic E-state index is 12.7. The van der Waals surface area contributed by atoms with Crippen molar-refractivity contribution in [3.63, 3.8) is 0 Å². The monoisotopic (exact) mass is 322 g/mol. The van der Waals surface area contributed by atoms with Gasteiger partial charge < -0.3 is 10.6 Å². The van der Waals surface area contributed by atoms with Crippen molar-refractivity contribution in [2.24, 2.45) is 11.7 Å². The lowest BCUT2D eigenvalue weighted by Gasteiger charge is -2.23. The topological polar surface area (TPSA) is 46.3 Å². The molecule has 1 fully saturated rings. The first-order valence-corrected chi connectivity index (χ1v) is 8.06. The van der Waals surface area contributed by atoms with Gasteiger partial charge in [0, 0.05) is 24.2 Å². The number of amides is 1. The molecule has 1 aliphatic heterocycles. The number of nitrogens with two attached hydrogens (primary N) is 1. The van der Waals surface area contributed by atoms with Gasteiger partial charge in [-0.05, 0) is 48.3 Å². The SMILES string of the molecule is CC(C)(C)c1ccc2c(c1)CCN2C(=O)C1CCC(N)C1.Cl. The molecule has 2 unspecified atom stereocenters. The van der Waals surface area contributed by atoms with Crippen molar-refractivity contribution in [1.29, 1.82) is 0 Å². The summed E-state index contributed by atoms with van der Waals surface area (Å²) in [6.07, 6.45) is 3.76. The van der Waals surface area contributed by atoms with E-state index in [4.69, 9.17) is 5.73 Å². The lowest BCUT2D eigenvalue weighted by atomic mass is 9.86. The van der Waals surface area contributed by atoms with Crippen LogP contribution in [-0.2, 0) is 16.6 Å². The fraction of sp³-hybridized carbons (Fsp3) is 0.611. The van der Waals surface area contributed by atoms with Crippen LogP contribution in [0, 0.1) is 5.92 Å². The van der Waals surface area contributed by atoms with Gasteiger partial charge in [-0.1, -0.05) is 32.9 Å². The summed E-state index contributed by atoms with van der Waals surface area (Å²) in [7, 11) is 0. The van der Waals surface area contributed by atoms with Crippen LogP contribution in [0.5, 0.6) is 0 Å². The van der Waals surface area contributed by atoms with Gasteiger partial charge >= 0.3 is 0 Å². The molecule has 2 N–H and O–H groups in total. The second-order valence-corrected chi connectivity index (χ2v) is 7.60. The van der Waals surface area contributed by atoms with Crippen molar-refractivity contribution in [3.05, 3.63) is 29.3 Å². The second-order valence-electron chi connectivity index (χ2n) is 7.60. The molecule has 22 heavy (non-hydrogen) atoms. The standard InChI is InChI=1S/C18H26N2O.ClH/c1-18(2,3)14-5-7-16-12(10-14)8-9-20(16)17(21)13-4-6-15(19)11-13;/h5,7,10,13,15H,4,6,8-9,11,19H2,1-3H3;1H. The Labute approximate surface area is 139 Å². The average molecular weight is 323 g/mol. The largest absolute Gasteiger partial charge is 0.328 e. The second kappa shape index (κ2) is 6.21. The van der Waals surface area contributed by atoms with Gasteiger partial charge in [0.2, 0.25) is 5.91 Å². The highest BCUT2D eigenvalue weighted by molar-refractivity contribution is 5.97. The summed E-state index contributed by atoms with van der Waals surface area (Å²) >= 11 is 0. The van der Waals surface area contributed by atoms with E-state index >= 15 is 0 Å². The Morgan fingerprint density at radius 1 is 1.27 bits per heavy atom. The molecule has 3 nitrogen and oxygen atoms in total. The van der Waals surface area contributed by atoms with E-state index < -0.39 is 0 Å². The minimum Gasteiger partial charge on any atom is -0.328 e. The normalized spacial score (nSPS) is 24.1. The predicted octanol–water partition coefficient (Wildman–Crippen LogP) is 3.42. The first-order valence-electron chi connectivity index (χ1n) is 8.06. The van der Waals surface area contributed by atoms with E-state index in [1.54, 1.807) is 0 Å². The zero-order chi connectivity index (χ0) is 15.2. The van der Waals surface area contributed by atoms with Crippen molar-refractivity contribution in [2.75, 3.05) is 11.4 Å². The Morgan fingerprint density at radius 2 is 2.00 bits per heavy atom. The Morgan fingerprint density at radius 3 is 2.59 bits per heavy atom. The number of carbonyl (C=O) groups excluding carboxylic acids is 1. The van der Waals surface area contributed by atoms with E-state index in [-0.39, 0.29) is 35.7 Å². The molecule has 3 rings (SSSR count). The summed E-state index contributed by atoms with van der Waals surface area (Å²) < 4.78 is 0. The third-order valence-corrected chi connectivity index (χ3v) is 4.93. The summed E-state index contributed by atoms with van der Waals surface area (Å²) in [6.45, 7) is 7.51. The number of hydrogen-bond acceptors (Lipinski definition) is 2. The zero-order valence-corrected chi connectivity index (χ0v) is 14.6. The van der Waals surface area contributed by atoms with Crippen LogP contribution in [0.3, 0.4) is 0 Å². The fourth-order valence-electron chi connectivity index (χ4n) is 3.56. The molecule has 0 aromatic heterocycles. The van der Waals surface area contributed by atoms with E-state index in [1.165, 1.54) is 11.1 Å². The molecule has 0 spiro atoms. The Bertz CT molecular complexity index is 565. The average Bonchev–Trinajstić information content (AvgIpc) is 3.02. The lowest BCUT2D eigenvalue weighted by molar-refractivity contribution is -0.122. The van der Waals surface area contributed by atoms with E-state index in [0.29, 0.717) is 0 Å². The zero-order valence-electron chi connectivity index (χ0n) is 13.8. The fourth-order valence-corrected chi connectivity index (χ4v) is 3.56. The minimum absolute atomic E-state index is 0. The van der Waals surface area contributed by atoms with Gasteiger partial charge in [-0.2, -0.15) is 0 Å². The van der Waals surface area contributed by atoms with Crippen molar-refractivity contribution in [3.8, 4) is 0 Å². The van der Waals surface area contributed by atoms with Crippen LogP contribution in [0.4, 0.5) is 5.69 Å². The number of benzene rings is 1. The predicted molar refractivity (Wildman–Crippen MR) is 93.8 cm³/mol. The quantitative estimate of drug-likeness (QED) is 0.861. The Kier molecular flexibility index (Phi) is 4.88. The number of anilines is 1. The summed E-state index contributed by atoms with van der Waals surface area (Å²) in [5, 5.41) is 0. The maximum absolute atomic E-state index is 12.7. The molecule has 1 heterocycles. The van der Waals surface area contributed by atoms with E-state index in [1.807, 2.05) is 4.90 Å². The molecule has 0 saturated heterocycles. The summed E-state index contributed by atoms with van der Waals surface area (Å²) in [4.78, 5) is 14.7. The third-order valence-electron chi connectivity index (χ3n) is 4.93. The number of fused-ring (bicyclic) bond motifs is 1. The molecule has 0 radical (unpaired) electrons. The Hall–Kier alpha value is -1.06. The van der Waals surface area contributed by atoms with Crippen LogP contribution in [0.25, 0.3) is 0 Å². The molecule has 2 aliphatic rings. The number of nitrogens with zero attached hydrogens (tertiary/aromatic N) is 1. The summed E-state index contributed by atoms with van der Waals surface area (Å²) in [6, 6.07) is 6.80. The van der Waals surface area contributed by atoms with Crippen LogP contribution in [0.2, 0.25) is 0 Å². The molecule has 1 aliphatic carbocycles.